The Bertz CT molecular complexity index is 152. The number of Topliss-reactive ketones (excluding diaryl/α,β-unsaturated/α-hetero) is 2. The van der Waals surface area contributed by atoms with Crippen molar-refractivity contribution in [1.82, 2.24) is 0 Å². The van der Waals surface area contributed by atoms with E-state index < -0.39 is 0 Å². The maximum absolute atomic E-state index is 11.0. The molecule has 2 atom stereocenters. The van der Waals surface area contributed by atoms with Gasteiger partial charge in [-0.2, -0.15) is 0 Å². The second-order valence-corrected chi connectivity index (χ2v) is 3.14. The van der Waals surface area contributed by atoms with Crippen LogP contribution < -0.4 is 0 Å². The number of rotatable bonds is 0. The summed E-state index contributed by atoms with van der Waals surface area (Å²) in [4.78, 5) is 22.0. The van der Waals surface area contributed by atoms with Crippen LogP contribution in [0.4, 0.5) is 0 Å². The molecule has 0 aromatic rings. The number of hydrogen-bond donors (Lipinski definition) is 0. The van der Waals surface area contributed by atoms with Gasteiger partial charge in [0.05, 0.1) is 0 Å². The zero-order chi connectivity index (χ0) is 7.72. The minimum Gasteiger partial charge on any atom is -0.299 e. The summed E-state index contributed by atoms with van der Waals surface area (Å²) in [5.41, 5.74) is 0. The maximum Gasteiger partial charge on any atom is 0.136 e. The van der Waals surface area contributed by atoms with Crippen molar-refractivity contribution in [3.63, 3.8) is 0 Å². The number of carbonyl (C=O) groups excluding carboxylic acids is 2. The zero-order valence-electron chi connectivity index (χ0n) is 6.39. The van der Waals surface area contributed by atoms with Crippen LogP contribution in [0.1, 0.15) is 26.7 Å². The van der Waals surface area contributed by atoms with E-state index in [2.05, 4.69) is 0 Å². The first-order valence-electron chi connectivity index (χ1n) is 3.66. The van der Waals surface area contributed by atoms with Gasteiger partial charge in [-0.15, -0.1) is 0 Å². The van der Waals surface area contributed by atoms with E-state index in [1.165, 1.54) is 0 Å². The van der Waals surface area contributed by atoms with Gasteiger partial charge in [0.1, 0.15) is 11.6 Å². The predicted octanol–water partition coefficient (Wildman–Crippen LogP) is 1.19. The summed E-state index contributed by atoms with van der Waals surface area (Å²) in [6.45, 7) is 3.65. The molecule has 0 amide bonds. The summed E-state index contributed by atoms with van der Waals surface area (Å²) in [6, 6.07) is 0. The molecule has 1 aliphatic rings. The quantitative estimate of drug-likeness (QED) is 0.506. The Balaban J connectivity index is 2.63. The Morgan fingerprint density at radius 1 is 1.00 bits per heavy atom. The minimum absolute atomic E-state index is 0.0244. The smallest absolute Gasteiger partial charge is 0.136 e. The first-order valence-corrected chi connectivity index (χ1v) is 3.66. The van der Waals surface area contributed by atoms with Gasteiger partial charge in [0.15, 0.2) is 0 Å². The predicted molar refractivity (Wildman–Crippen MR) is 37.6 cm³/mol. The molecule has 0 aromatic carbocycles. The molecule has 0 radical (unpaired) electrons. The average molecular weight is 140 g/mol. The van der Waals surface area contributed by atoms with E-state index in [9.17, 15) is 9.59 Å². The fraction of sp³-hybridized carbons (Fsp3) is 0.750. The van der Waals surface area contributed by atoms with Gasteiger partial charge in [0.25, 0.3) is 0 Å². The highest BCUT2D eigenvalue weighted by molar-refractivity contribution is 5.95. The van der Waals surface area contributed by atoms with E-state index in [0.29, 0.717) is 12.8 Å². The van der Waals surface area contributed by atoms with Crippen LogP contribution in [0.3, 0.4) is 0 Å². The third-order valence-corrected chi connectivity index (χ3v) is 2.11. The summed E-state index contributed by atoms with van der Waals surface area (Å²) in [5.74, 6) is 0.437. The fourth-order valence-electron chi connectivity index (χ4n) is 1.23. The molecule has 0 aliphatic heterocycles. The van der Waals surface area contributed by atoms with Gasteiger partial charge >= 0.3 is 0 Å². The summed E-state index contributed by atoms with van der Waals surface area (Å²) in [6.07, 6.45) is 0.917. The number of ketones is 2. The Morgan fingerprint density at radius 3 is 1.60 bits per heavy atom. The van der Waals surface area contributed by atoms with Crippen molar-refractivity contribution in [3.05, 3.63) is 0 Å². The van der Waals surface area contributed by atoms with Gasteiger partial charge < -0.3 is 0 Å². The normalized spacial score (nSPS) is 34.6. The van der Waals surface area contributed by atoms with E-state index in [1.807, 2.05) is 13.8 Å². The van der Waals surface area contributed by atoms with Crippen LogP contribution >= 0.6 is 0 Å². The fourth-order valence-corrected chi connectivity index (χ4v) is 1.23. The lowest BCUT2D eigenvalue weighted by Gasteiger charge is -2.20. The van der Waals surface area contributed by atoms with Gasteiger partial charge in [-0.25, -0.2) is 0 Å². The van der Waals surface area contributed by atoms with Crippen molar-refractivity contribution in [3.8, 4) is 0 Å². The number of hydrogen-bond acceptors (Lipinski definition) is 2. The Morgan fingerprint density at radius 2 is 1.30 bits per heavy atom. The van der Waals surface area contributed by atoms with E-state index >= 15 is 0 Å². The van der Waals surface area contributed by atoms with Crippen molar-refractivity contribution in [2.75, 3.05) is 0 Å². The van der Waals surface area contributed by atoms with Crippen LogP contribution in [0, 0.1) is 11.8 Å². The van der Waals surface area contributed by atoms with Crippen LogP contribution in [-0.4, -0.2) is 11.6 Å². The van der Waals surface area contributed by atoms with Gasteiger partial charge in [0, 0.05) is 24.7 Å². The molecule has 2 unspecified atom stereocenters. The molecular formula is C8H12O2. The van der Waals surface area contributed by atoms with Gasteiger partial charge in [-0.1, -0.05) is 13.8 Å². The number of carbonyl (C=O) groups is 2. The van der Waals surface area contributed by atoms with Crippen LogP contribution in [0.15, 0.2) is 0 Å². The lowest BCUT2D eigenvalue weighted by atomic mass is 9.82. The Hall–Kier alpha value is -0.660. The largest absolute Gasteiger partial charge is 0.299 e. The molecule has 1 aliphatic carbocycles. The van der Waals surface area contributed by atoms with Gasteiger partial charge in [0.2, 0.25) is 0 Å². The van der Waals surface area contributed by atoms with Crippen LogP contribution in [0.5, 0.6) is 0 Å². The molecule has 56 valence electrons. The summed E-state index contributed by atoms with van der Waals surface area (Å²) < 4.78 is 0. The van der Waals surface area contributed by atoms with Crippen molar-refractivity contribution < 1.29 is 9.59 Å². The standard InChI is InChI=1S/C8H12O2/c1-5-3-8(10)6(2)4-7(5)9/h5-6H,3-4H2,1-2H3. The molecule has 1 rings (SSSR count). The summed E-state index contributed by atoms with van der Waals surface area (Å²) in [5, 5.41) is 0. The van der Waals surface area contributed by atoms with Crippen LogP contribution in [0.25, 0.3) is 0 Å². The highest BCUT2D eigenvalue weighted by Crippen LogP contribution is 2.21. The van der Waals surface area contributed by atoms with Gasteiger partial charge in [-0.05, 0) is 0 Å². The Labute approximate surface area is 60.6 Å². The van der Waals surface area contributed by atoms with Crippen LogP contribution in [-0.2, 0) is 9.59 Å². The van der Waals surface area contributed by atoms with E-state index in [-0.39, 0.29) is 23.4 Å². The first-order chi connectivity index (χ1) is 4.61. The van der Waals surface area contributed by atoms with E-state index in [1.54, 1.807) is 0 Å². The lowest BCUT2D eigenvalue weighted by molar-refractivity contribution is -0.135. The van der Waals surface area contributed by atoms with Crippen molar-refractivity contribution in [2.45, 2.75) is 26.7 Å². The van der Waals surface area contributed by atoms with Crippen molar-refractivity contribution in [2.24, 2.45) is 11.8 Å². The molecule has 10 heavy (non-hydrogen) atoms. The third-order valence-electron chi connectivity index (χ3n) is 2.11. The van der Waals surface area contributed by atoms with E-state index in [0.717, 1.165) is 0 Å². The minimum atomic E-state index is -0.0244. The van der Waals surface area contributed by atoms with Crippen LogP contribution in [0.2, 0.25) is 0 Å². The molecule has 2 heteroatoms. The molecular weight excluding hydrogens is 128 g/mol. The summed E-state index contributed by atoms with van der Waals surface area (Å²) >= 11 is 0. The molecule has 0 aromatic heterocycles. The molecule has 2 nitrogen and oxygen atoms in total. The first kappa shape index (κ1) is 7.45. The zero-order valence-corrected chi connectivity index (χ0v) is 6.39. The summed E-state index contributed by atoms with van der Waals surface area (Å²) in [7, 11) is 0. The van der Waals surface area contributed by atoms with E-state index in [4.69, 9.17) is 0 Å². The van der Waals surface area contributed by atoms with Crippen molar-refractivity contribution in [1.29, 1.82) is 0 Å². The molecule has 0 saturated heterocycles. The Kier molecular flexibility index (Phi) is 1.88. The molecule has 0 spiro atoms. The highest BCUT2D eigenvalue weighted by atomic mass is 16.1. The SMILES string of the molecule is CC1CC(=O)C(C)CC1=O. The molecule has 1 saturated carbocycles. The van der Waals surface area contributed by atoms with Gasteiger partial charge in [-0.3, -0.25) is 9.59 Å². The van der Waals surface area contributed by atoms with Crippen molar-refractivity contribution >= 4 is 11.6 Å². The topological polar surface area (TPSA) is 34.1 Å². The molecule has 1 fully saturated rings. The molecule has 0 bridgehead atoms. The molecule has 0 N–H and O–H groups in total. The maximum atomic E-state index is 11.0. The lowest BCUT2D eigenvalue weighted by Crippen LogP contribution is -2.28. The molecule has 0 heterocycles. The highest BCUT2D eigenvalue weighted by Gasteiger charge is 2.28. The monoisotopic (exact) mass is 140 g/mol. The second kappa shape index (κ2) is 2.52. The average Bonchev–Trinajstić information content (AvgIpc) is 1.84. The second-order valence-electron chi connectivity index (χ2n) is 3.14. The third kappa shape index (κ3) is 1.25.